The predicted molar refractivity (Wildman–Crippen MR) is 93.5 cm³/mol. The molecule has 5 nitrogen and oxygen atoms in total. The number of hydrogen-bond acceptors (Lipinski definition) is 3. The van der Waals surface area contributed by atoms with Crippen LogP contribution in [-0.2, 0) is 17.6 Å². The minimum atomic E-state index is -0.303. The molecule has 126 valence electrons. The van der Waals surface area contributed by atoms with Crippen LogP contribution in [0.5, 0.6) is 0 Å². The highest BCUT2D eigenvalue weighted by atomic mass is 32.1. The summed E-state index contributed by atoms with van der Waals surface area (Å²) < 4.78 is 2.04. The number of nitrogens with zero attached hydrogens (tertiary/aromatic N) is 2. The van der Waals surface area contributed by atoms with Crippen LogP contribution in [0.15, 0.2) is 24.5 Å². The summed E-state index contributed by atoms with van der Waals surface area (Å²) in [6.07, 6.45) is 9.02. The molecular weight excluding hydrogens is 322 g/mol. The summed E-state index contributed by atoms with van der Waals surface area (Å²) in [6.45, 7) is 1.06. The van der Waals surface area contributed by atoms with Gasteiger partial charge in [-0.25, -0.2) is 0 Å². The Balaban J connectivity index is 1.72. The highest BCUT2D eigenvalue weighted by molar-refractivity contribution is 7.15. The van der Waals surface area contributed by atoms with Crippen molar-refractivity contribution in [3.63, 3.8) is 0 Å². The van der Waals surface area contributed by atoms with Gasteiger partial charge in [-0.05, 0) is 49.8 Å². The molecule has 2 aromatic heterocycles. The number of hydrogen-bond donors (Lipinski definition) is 1. The molecule has 24 heavy (non-hydrogen) atoms. The molecule has 0 bridgehead atoms. The van der Waals surface area contributed by atoms with E-state index in [2.05, 4.69) is 0 Å². The van der Waals surface area contributed by atoms with Crippen LogP contribution in [0, 0.1) is 5.92 Å². The lowest BCUT2D eigenvalue weighted by atomic mass is 9.95. The highest BCUT2D eigenvalue weighted by Crippen LogP contribution is 2.38. The molecule has 1 atom stereocenters. The van der Waals surface area contributed by atoms with Gasteiger partial charge in [0, 0.05) is 30.4 Å². The molecule has 0 saturated carbocycles. The predicted octanol–water partition coefficient (Wildman–Crippen LogP) is 2.37. The Morgan fingerprint density at radius 2 is 1.92 bits per heavy atom. The van der Waals surface area contributed by atoms with Gasteiger partial charge in [0.1, 0.15) is 5.00 Å². The fourth-order valence-corrected chi connectivity index (χ4v) is 5.11. The van der Waals surface area contributed by atoms with Gasteiger partial charge in [0.15, 0.2) is 0 Å². The lowest BCUT2D eigenvalue weighted by Crippen LogP contribution is -2.32. The molecule has 1 aliphatic carbocycles. The van der Waals surface area contributed by atoms with E-state index in [1.807, 2.05) is 29.1 Å². The van der Waals surface area contributed by atoms with Crippen molar-refractivity contribution in [2.24, 2.45) is 11.7 Å². The second kappa shape index (κ2) is 6.09. The molecule has 1 unspecified atom stereocenters. The molecule has 0 spiro atoms. The number of aryl methyl sites for hydroxylation is 1. The molecule has 6 heteroatoms. The third-order valence-corrected chi connectivity index (χ3v) is 6.39. The van der Waals surface area contributed by atoms with Crippen molar-refractivity contribution in [2.75, 3.05) is 13.1 Å². The molecule has 0 radical (unpaired) electrons. The van der Waals surface area contributed by atoms with Crippen molar-refractivity contribution >= 4 is 23.2 Å². The lowest BCUT2D eigenvalue weighted by molar-refractivity contribution is -0.121. The van der Waals surface area contributed by atoms with Crippen LogP contribution in [0.1, 0.15) is 40.1 Å². The largest absolute Gasteiger partial charge is 0.369 e. The van der Waals surface area contributed by atoms with Crippen LogP contribution >= 0.6 is 11.3 Å². The first-order chi connectivity index (χ1) is 11.6. The molecule has 1 aliphatic heterocycles. The summed E-state index contributed by atoms with van der Waals surface area (Å²) in [5, 5.41) is 1.01. The van der Waals surface area contributed by atoms with Crippen LogP contribution in [0.3, 0.4) is 0 Å². The molecule has 1 fully saturated rings. The van der Waals surface area contributed by atoms with Crippen LogP contribution in [-0.4, -0.2) is 34.4 Å². The quantitative estimate of drug-likeness (QED) is 0.929. The number of fused-ring (bicyclic) bond motifs is 1. The van der Waals surface area contributed by atoms with E-state index in [0.717, 1.165) is 29.8 Å². The summed E-state index contributed by atoms with van der Waals surface area (Å²) in [5.41, 5.74) is 7.49. The maximum Gasteiger partial charge on any atom is 0.257 e. The van der Waals surface area contributed by atoms with E-state index in [4.69, 9.17) is 5.73 Å². The van der Waals surface area contributed by atoms with Crippen molar-refractivity contribution in [2.45, 2.75) is 32.1 Å². The second-order valence-corrected chi connectivity index (χ2v) is 7.70. The van der Waals surface area contributed by atoms with E-state index >= 15 is 0 Å². The normalized spacial score (nSPS) is 20.2. The smallest absolute Gasteiger partial charge is 0.257 e. The molecule has 0 aromatic carbocycles. The Morgan fingerprint density at radius 3 is 2.62 bits per heavy atom. The number of rotatable bonds is 3. The van der Waals surface area contributed by atoms with Gasteiger partial charge in [0.05, 0.1) is 11.5 Å². The maximum atomic E-state index is 13.2. The number of carbonyl (C=O) groups is 2. The van der Waals surface area contributed by atoms with Gasteiger partial charge in [-0.2, -0.15) is 0 Å². The molecular formula is C18H21N3O2S. The third kappa shape index (κ3) is 2.55. The van der Waals surface area contributed by atoms with E-state index in [9.17, 15) is 9.59 Å². The van der Waals surface area contributed by atoms with E-state index < -0.39 is 0 Å². The number of primary amides is 1. The lowest BCUT2D eigenvalue weighted by Gasteiger charge is -2.19. The summed E-state index contributed by atoms with van der Waals surface area (Å²) >= 11 is 1.74. The van der Waals surface area contributed by atoms with Crippen LogP contribution in [0.25, 0.3) is 5.00 Å². The Labute approximate surface area is 145 Å². The first-order valence-electron chi connectivity index (χ1n) is 8.51. The average Bonchev–Trinajstić information content (AvgIpc) is 3.31. The molecule has 4 rings (SSSR count). The number of amides is 2. The third-order valence-electron chi connectivity index (χ3n) is 5.08. The zero-order valence-electron chi connectivity index (χ0n) is 13.5. The van der Waals surface area contributed by atoms with Crippen LogP contribution in [0.4, 0.5) is 0 Å². The van der Waals surface area contributed by atoms with Gasteiger partial charge in [-0.15, -0.1) is 11.3 Å². The van der Waals surface area contributed by atoms with E-state index in [-0.39, 0.29) is 17.7 Å². The van der Waals surface area contributed by atoms with Crippen molar-refractivity contribution < 1.29 is 9.59 Å². The van der Waals surface area contributed by atoms with E-state index in [1.54, 1.807) is 16.2 Å². The molecule has 2 amide bonds. The Kier molecular flexibility index (Phi) is 3.92. The highest BCUT2D eigenvalue weighted by Gasteiger charge is 2.34. The van der Waals surface area contributed by atoms with Gasteiger partial charge in [0.25, 0.3) is 5.91 Å². The summed E-state index contributed by atoms with van der Waals surface area (Å²) in [4.78, 5) is 27.8. The van der Waals surface area contributed by atoms with Crippen molar-refractivity contribution in [3.05, 3.63) is 40.5 Å². The molecule has 3 heterocycles. The van der Waals surface area contributed by atoms with Gasteiger partial charge in [0.2, 0.25) is 5.91 Å². The van der Waals surface area contributed by atoms with Gasteiger partial charge < -0.3 is 15.2 Å². The summed E-state index contributed by atoms with van der Waals surface area (Å²) in [6, 6.07) is 3.96. The second-order valence-electron chi connectivity index (χ2n) is 6.62. The summed E-state index contributed by atoms with van der Waals surface area (Å²) in [5.74, 6) is -0.455. The first-order valence-corrected chi connectivity index (χ1v) is 9.33. The zero-order valence-corrected chi connectivity index (χ0v) is 14.3. The average molecular weight is 343 g/mol. The van der Waals surface area contributed by atoms with Gasteiger partial charge in [-0.3, -0.25) is 9.59 Å². The standard InChI is InChI=1S/C18H21N3O2S/c19-16(22)12-7-10-21(11-12)17(23)15-13-5-1-2-6-14(13)24-18(15)20-8-3-4-9-20/h3-4,8-9,12H,1-2,5-7,10-11H2,(H2,19,22). The summed E-state index contributed by atoms with van der Waals surface area (Å²) in [7, 11) is 0. The van der Waals surface area contributed by atoms with E-state index in [0.29, 0.717) is 19.5 Å². The monoisotopic (exact) mass is 343 g/mol. The first kappa shape index (κ1) is 15.4. The van der Waals surface area contributed by atoms with Crippen molar-refractivity contribution in [1.82, 2.24) is 9.47 Å². The number of carbonyl (C=O) groups excluding carboxylic acids is 2. The fourth-order valence-electron chi connectivity index (χ4n) is 3.76. The fraction of sp³-hybridized carbons (Fsp3) is 0.444. The minimum Gasteiger partial charge on any atom is -0.369 e. The Hall–Kier alpha value is -2.08. The Morgan fingerprint density at radius 1 is 1.17 bits per heavy atom. The molecule has 2 aromatic rings. The molecule has 1 saturated heterocycles. The Bertz CT molecular complexity index is 779. The number of thiophene rings is 1. The SMILES string of the molecule is NC(=O)C1CCN(C(=O)c2c(-n3cccc3)sc3c2CCCC3)C1. The minimum absolute atomic E-state index is 0.0573. The molecule has 2 aliphatic rings. The maximum absolute atomic E-state index is 13.2. The van der Waals surface area contributed by atoms with Gasteiger partial charge >= 0.3 is 0 Å². The van der Waals surface area contributed by atoms with Crippen LogP contribution in [0.2, 0.25) is 0 Å². The number of nitrogens with two attached hydrogens (primary N) is 1. The van der Waals surface area contributed by atoms with Crippen LogP contribution < -0.4 is 5.73 Å². The van der Waals surface area contributed by atoms with Gasteiger partial charge in [-0.1, -0.05) is 0 Å². The van der Waals surface area contributed by atoms with Crippen molar-refractivity contribution in [3.8, 4) is 5.00 Å². The number of likely N-dealkylation sites (tertiary alicyclic amines) is 1. The zero-order chi connectivity index (χ0) is 16.7. The van der Waals surface area contributed by atoms with Crippen molar-refractivity contribution in [1.29, 1.82) is 0 Å². The molecule has 2 N–H and O–H groups in total. The van der Waals surface area contributed by atoms with E-state index in [1.165, 1.54) is 16.9 Å². The topological polar surface area (TPSA) is 68.3 Å². The number of aromatic nitrogens is 1.